The zero-order chi connectivity index (χ0) is 11.8. The molecule has 0 saturated heterocycles. The average molecular weight is 263 g/mol. The molecule has 0 aliphatic rings. The molecule has 2 aromatic heterocycles. The minimum atomic E-state index is 0.611. The molecule has 0 aliphatic carbocycles. The molecule has 4 heteroatoms. The van der Waals surface area contributed by atoms with E-state index < -0.39 is 0 Å². The number of benzene rings is 1. The predicted molar refractivity (Wildman–Crippen MR) is 70.6 cm³/mol. The second-order valence-corrected chi connectivity index (χ2v) is 4.61. The number of halogens is 2. The van der Waals surface area contributed by atoms with Crippen LogP contribution in [0, 0.1) is 0 Å². The molecule has 3 rings (SSSR count). The monoisotopic (exact) mass is 262 g/mol. The first-order valence-electron chi connectivity index (χ1n) is 5.12. The normalized spacial score (nSPS) is 10.9. The molecule has 3 aromatic rings. The Balaban J connectivity index is 2.27. The minimum absolute atomic E-state index is 0.611. The first kappa shape index (κ1) is 10.6. The van der Waals surface area contributed by atoms with Gasteiger partial charge in [-0.25, -0.2) is 4.98 Å². The van der Waals surface area contributed by atoms with Gasteiger partial charge in [-0.2, -0.15) is 0 Å². The van der Waals surface area contributed by atoms with Crippen molar-refractivity contribution in [2.45, 2.75) is 0 Å². The van der Waals surface area contributed by atoms with Crippen LogP contribution in [-0.4, -0.2) is 9.38 Å². The van der Waals surface area contributed by atoms with Gasteiger partial charge in [-0.15, -0.1) is 0 Å². The van der Waals surface area contributed by atoms with Crippen molar-refractivity contribution < 1.29 is 0 Å². The Morgan fingerprint density at radius 1 is 1.00 bits per heavy atom. The maximum absolute atomic E-state index is 6.00. The van der Waals surface area contributed by atoms with Crippen LogP contribution in [-0.2, 0) is 0 Å². The highest BCUT2D eigenvalue weighted by molar-refractivity contribution is 6.35. The van der Waals surface area contributed by atoms with Gasteiger partial charge in [0, 0.05) is 21.8 Å². The van der Waals surface area contributed by atoms with Gasteiger partial charge >= 0.3 is 0 Å². The van der Waals surface area contributed by atoms with Crippen LogP contribution in [0.3, 0.4) is 0 Å². The molecule has 84 valence electrons. The summed E-state index contributed by atoms with van der Waals surface area (Å²) in [6.45, 7) is 0. The standard InChI is InChI=1S/C13H8Cl2N2/c14-10-5-9(6-11(15)7-10)13-16-8-12-3-1-2-4-17(12)13/h1-8H. The SMILES string of the molecule is Clc1cc(Cl)cc(-c2ncc3ccccn23)c1. The number of pyridine rings is 1. The van der Waals surface area contributed by atoms with E-state index in [2.05, 4.69) is 4.98 Å². The maximum atomic E-state index is 6.00. The van der Waals surface area contributed by atoms with E-state index in [9.17, 15) is 0 Å². The molecule has 0 fully saturated rings. The van der Waals surface area contributed by atoms with Crippen molar-refractivity contribution in [3.63, 3.8) is 0 Å². The number of hydrogen-bond acceptors (Lipinski definition) is 1. The van der Waals surface area contributed by atoms with Crippen molar-refractivity contribution in [3.8, 4) is 11.4 Å². The zero-order valence-corrected chi connectivity index (χ0v) is 10.3. The molecular weight excluding hydrogens is 255 g/mol. The Kier molecular flexibility index (Phi) is 2.54. The number of imidazole rings is 1. The Morgan fingerprint density at radius 3 is 2.53 bits per heavy atom. The Labute approximate surface area is 108 Å². The molecule has 1 aromatic carbocycles. The number of nitrogens with zero attached hydrogens (tertiary/aromatic N) is 2. The summed E-state index contributed by atoms with van der Waals surface area (Å²) in [6.07, 6.45) is 3.79. The Morgan fingerprint density at radius 2 is 1.76 bits per heavy atom. The van der Waals surface area contributed by atoms with Crippen LogP contribution in [0.2, 0.25) is 10.0 Å². The molecule has 0 aliphatic heterocycles. The third-order valence-electron chi connectivity index (χ3n) is 2.56. The van der Waals surface area contributed by atoms with Crippen LogP contribution in [0.1, 0.15) is 0 Å². The van der Waals surface area contributed by atoms with E-state index in [0.717, 1.165) is 16.9 Å². The smallest absolute Gasteiger partial charge is 0.144 e. The van der Waals surface area contributed by atoms with E-state index in [1.54, 1.807) is 6.07 Å². The van der Waals surface area contributed by atoms with E-state index in [1.165, 1.54) is 0 Å². The Bertz CT molecular complexity index is 668. The first-order chi connectivity index (χ1) is 8.24. The summed E-state index contributed by atoms with van der Waals surface area (Å²) < 4.78 is 2.00. The highest BCUT2D eigenvalue weighted by Crippen LogP contribution is 2.26. The average Bonchev–Trinajstić information content (AvgIpc) is 2.71. The van der Waals surface area contributed by atoms with Crippen LogP contribution in [0.4, 0.5) is 0 Å². The van der Waals surface area contributed by atoms with Crippen molar-refractivity contribution in [1.29, 1.82) is 0 Å². The second kappa shape index (κ2) is 4.06. The predicted octanol–water partition coefficient (Wildman–Crippen LogP) is 4.31. The first-order valence-corrected chi connectivity index (χ1v) is 5.88. The van der Waals surface area contributed by atoms with E-state index in [0.29, 0.717) is 10.0 Å². The topological polar surface area (TPSA) is 17.3 Å². The van der Waals surface area contributed by atoms with Crippen molar-refractivity contribution >= 4 is 28.7 Å². The molecule has 0 atom stereocenters. The summed E-state index contributed by atoms with van der Waals surface area (Å²) in [4.78, 5) is 4.39. The molecule has 0 unspecified atom stereocenters. The molecule has 0 amide bonds. The molecule has 0 N–H and O–H groups in total. The van der Waals surface area contributed by atoms with E-state index in [1.807, 2.05) is 47.1 Å². The van der Waals surface area contributed by atoms with Crippen LogP contribution < -0.4 is 0 Å². The third-order valence-corrected chi connectivity index (χ3v) is 3.00. The van der Waals surface area contributed by atoms with E-state index in [4.69, 9.17) is 23.2 Å². The highest BCUT2D eigenvalue weighted by atomic mass is 35.5. The summed E-state index contributed by atoms with van der Waals surface area (Å²) >= 11 is 12.0. The van der Waals surface area contributed by atoms with Gasteiger partial charge in [0.2, 0.25) is 0 Å². The number of rotatable bonds is 1. The van der Waals surface area contributed by atoms with Crippen molar-refractivity contribution in [3.05, 3.63) is 58.8 Å². The lowest BCUT2D eigenvalue weighted by atomic mass is 10.2. The van der Waals surface area contributed by atoms with E-state index >= 15 is 0 Å². The summed E-state index contributed by atoms with van der Waals surface area (Å²) in [7, 11) is 0. The minimum Gasteiger partial charge on any atom is -0.300 e. The van der Waals surface area contributed by atoms with Gasteiger partial charge < -0.3 is 0 Å². The van der Waals surface area contributed by atoms with Crippen LogP contribution in [0.25, 0.3) is 16.9 Å². The van der Waals surface area contributed by atoms with Gasteiger partial charge in [-0.3, -0.25) is 4.40 Å². The van der Waals surface area contributed by atoms with Gasteiger partial charge in [0.25, 0.3) is 0 Å². The molecule has 0 bridgehead atoms. The molecule has 0 spiro atoms. The second-order valence-electron chi connectivity index (χ2n) is 3.74. The van der Waals surface area contributed by atoms with Crippen LogP contribution >= 0.6 is 23.2 Å². The number of hydrogen-bond donors (Lipinski definition) is 0. The fourth-order valence-corrected chi connectivity index (χ4v) is 2.37. The summed E-state index contributed by atoms with van der Waals surface area (Å²) in [5.74, 6) is 0.838. The Hall–Kier alpha value is -1.51. The van der Waals surface area contributed by atoms with Gasteiger partial charge in [-0.05, 0) is 30.3 Å². The molecule has 0 saturated carbocycles. The lowest BCUT2D eigenvalue weighted by Crippen LogP contribution is -1.88. The maximum Gasteiger partial charge on any atom is 0.144 e. The molecule has 2 nitrogen and oxygen atoms in total. The van der Waals surface area contributed by atoms with Gasteiger partial charge in [0.1, 0.15) is 5.82 Å². The third kappa shape index (κ3) is 1.90. The lowest BCUT2D eigenvalue weighted by Gasteiger charge is -2.02. The van der Waals surface area contributed by atoms with Gasteiger partial charge in [0.05, 0.1) is 11.7 Å². The summed E-state index contributed by atoms with van der Waals surface area (Å²) in [5, 5.41) is 1.22. The number of aromatic nitrogens is 2. The largest absolute Gasteiger partial charge is 0.300 e. The molecule has 17 heavy (non-hydrogen) atoms. The fraction of sp³-hybridized carbons (Fsp3) is 0. The molecule has 2 heterocycles. The summed E-state index contributed by atoms with van der Waals surface area (Å²) in [6, 6.07) is 11.4. The van der Waals surface area contributed by atoms with Crippen molar-refractivity contribution in [1.82, 2.24) is 9.38 Å². The van der Waals surface area contributed by atoms with Crippen molar-refractivity contribution in [2.24, 2.45) is 0 Å². The fourth-order valence-electron chi connectivity index (χ4n) is 1.84. The molecular formula is C13H8Cl2N2. The number of fused-ring (bicyclic) bond motifs is 1. The van der Waals surface area contributed by atoms with Crippen LogP contribution in [0.15, 0.2) is 48.8 Å². The van der Waals surface area contributed by atoms with E-state index in [-0.39, 0.29) is 0 Å². The van der Waals surface area contributed by atoms with Gasteiger partial charge in [-0.1, -0.05) is 29.3 Å². The van der Waals surface area contributed by atoms with Gasteiger partial charge in [0.15, 0.2) is 0 Å². The zero-order valence-electron chi connectivity index (χ0n) is 8.77. The highest BCUT2D eigenvalue weighted by Gasteiger charge is 2.07. The van der Waals surface area contributed by atoms with Crippen molar-refractivity contribution in [2.75, 3.05) is 0 Å². The molecule has 0 radical (unpaired) electrons. The lowest BCUT2D eigenvalue weighted by molar-refractivity contribution is 1.16. The summed E-state index contributed by atoms with van der Waals surface area (Å²) in [5.41, 5.74) is 1.95. The van der Waals surface area contributed by atoms with Crippen LogP contribution in [0.5, 0.6) is 0 Å². The quantitative estimate of drug-likeness (QED) is 0.639.